The lowest BCUT2D eigenvalue weighted by atomic mass is 10.1. The quantitative estimate of drug-likeness (QED) is 0.568. The monoisotopic (exact) mass is 414 g/mol. The van der Waals surface area contributed by atoms with Gasteiger partial charge in [-0.2, -0.15) is 0 Å². The molecule has 0 bridgehead atoms. The minimum atomic E-state index is -0.702. The number of hydrogen-bond donors (Lipinski definition) is 1. The number of halogens is 3. The van der Waals surface area contributed by atoms with E-state index in [1.807, 2.05) is 0 Å². The predicted molar refractivity (Wildman–Crippen MR) is 102 cm³/mol. The van der Waals surface area contributed by atoms with Crippen LogP contribution in [-0.4, -0.2) is 23.5 Å². The Morgan fingerprint density at radius 1 is 1.19 bits per heavy atom. The van der Waals surface area contributed by atoms with E-state index in [1.54, 1.807) is 45.0 Å². The molecular formula is C18H17Cl3N2O3. The third-order valence-electron chi connectivity index (χ3n) is 3.65. The van der Waals surface area contributed by atoms with Crippen molar-refractivity contribution in [2.45, 2.75) is 26.8 Å². The van der Waals surface area contributed by atoms with Crippen molar-refractivity contribution in [1.82, 2.24) is 10.3 Å². The third-order valence-corrected chi connectivity index (χ3v) is 4.48. The van der Waals surface area contributed by atoms with Crippen LogP contribution in [0.1, 0.15) is 40.1 Å². The Hall–Kier alpha value is -1.82. The fourth-order valence-corrected chi connectivity index (χ4v) is 3.38. The van der Waals surface area contributed by atoms with Crippen molar-refractivity contribution in [2.24, 2.45) is 0 Å². The average molecular weight is 416 g/mol. The number of carbonyl (C=O) groups is 2. The Morgan fingerprint density at radius 3 is 2.50 bits per heavy atom. The number of carbonyl (C=O) groups excluding carboxylic acids is 2. The molecule has 8 heteroatoms. The van der Waals surface area contributed by atoms with Crippen LogP contribution in [0, 0.1) is 13.8 Å². The molecule has 0 radical (unpaired) electrons. The summed E-state index contributed by atoms with van der Waals surface area (Å²) in [6, 6.07) is 6.34. The van der Waals surface area contributed by atoms with Gasteiger partial charge in [-0.25, -0.2) is 9.78 Å². The van der Waals surface area contributed by atoms with Gasteiger partial charge in [0.05, 0.1) is 11.6 Å². The smallest absolute Gasteiger partial charge is 0.342 e. The summed E-state index contributed by atoms with van der Waals surface area (Å²) in [5.41, 5.74) is 2.18. The Morgan fingerprint density at radius 2 is 1.88 bits per heavy atom. The molecule has 1 aromatic heterocycles. The van der Waals surface area contributed by atoms with E-state index in [1.165, 1.54) is 0 Å². The van der Waals surface area contributed by atoms with Crippen LogP contribution >= 0.6 is 34.8 Å². The highest BCUT2D eigenvalue weighted by atomic mass is 35.5. The first-order valence-corrected chi connectivity index (χ1v) is 8.87. The van der Waals surface area contributed by atoms with Crippen molar-refractivity contribution < 1.29 is 14.3 Å². The second kappa shape index (κ2) is 8.71. The van der Waals surface area contributed by atoms with Gasteiger partial charge in [0, 0.05) is 15.7 Å². The van der Waals surface area contributed by atoms with Crippen LogP contribution in [0.5, 0.6) is 0 Å². The first-order valence-electron chi connectivity index (χ1n) is 7.74. The third kappa shape index (κ3) is 5.10. The highest BCUT2D eigenvalue weighted by Gasteiger charge is 2.19. The molecule has 0 saturated heterocycles. The molecule has 1 aromatic carbocycles. The minimum absolute atomic E-state index is 0.0502. The summed E-state index contributed by atoms with van der Waals surface area (Å²) in [6.07, 6.45) is 0. The van der Waals surface area contributed by atoms with Crippen LogP contribution in [-0.2, 0) is 9.53 Å². The largest absolute Gasteiger partial charge is 0.452 e. The van der Waals surface area contributed by atoms with Gasteiger partial charge in [-0.1, -0.05) is 40.9 Å². The molecule has 0 aliphatic rings. The number of aryl methyl sites for hydroxylation is 2. The molecule has 0 aliphatic carbocycles. The molecule has 1 atom stereocenters. The summed E-state index contributed by atoms with van der Waals surface area (Å²) in [6.45, 7) is 4.81. The molecule has 2 rings (SSSR count). The molecule has 1 heterocycles. The van der Waals surface area contributed by atoms with Crippen molar-refractivity contribution in [2.75, 3.05) is 6.61 Å². The number of pyridine rings is 1. The molecule has 0 unspecified atom stereocenters. The average Bonchev–Trinajstić information content (AvgIpc) is 2.51. The maximum absolute atomic E-state index is 12.2. The maximum atomic E-state index is 12.2. The zero-order chi connectivity index (χ0) is 19.4. The molecular weight excluding hydrogens is 399 g/mol. The van der Waals surface area contributed by atoms with E-state index >= 15 is 0 Å². The number of nitrogens with zero attached hydrogens (tertiary/aromatic N) is 1. The van der Waals surface area contributed by atoms with Gasteiger partial charge in [0.15, 0.2) is 6.61 Å². The fourth-order valence-electron chi connectivity index (χ4n) is 2.45. The molecule has 0 aliphatic heterocycles. The number of hydrogen-bond acceptors (Lipinski definition) is 4. The van der Waals surface area contributed by atoms with Crippen molar-refractivity contribution in [3.05, 3.63) is 61.8 Å². The molecule has 0 spiro atoms. The van der Waals surface area contributed by atoms with Crippen molar-refractivity contribution >= 4 is 46.7 Å². The van der Waals surface area contributed by atoms with Crippen LogP contribution in [0.4, 0.5) is 0 Å². The van der Waals surface area contributed by atoms with Crippen molar-refractivity contribution in [3.8, 4) is 0 Å². The van der Waals surface area contributed by atoms with Crippen LogP contribution in [0.3, 0.4) is 0 Å². The Balaban J connectivity index is 1.97. The molecule has 5 nitrogen and oxygen atoms in total. The van der Waals surface area contributed by atoms with Gasteiger partial charge < -0.3 is 10.1 Å². The number of aromatic nitrogens is 1. The highest BCUT2D eigenvalue weighted by molar-refractivity contribution is 6.35. The van der Waals surface area contributed by atoms with Gasteiger partial charge in [0.1, 0.15) is 5.15 Å². The predicted octanol–water partition coefficient (Wildman–Crippen LogP) is 4.69. The van der Waals surface area contributed by atoms with E-state index in [0.29, 0.717) is 26.9 Å². The summed E-state index contributed by atoms with van der Waals surface area (Å²) in [5.74, 6) is -1.17. The van der Waals surface area contributed by atoms with Gasteiger partial charge in [-0.15, -0.1) is 0 Å². The molecule has 138 valence electrons. The normalized spacial score (nSPS) is 11.8. The molecule has 26 heavy (non-hydrogen) atoms. The second-order valence-corrected chi connectivity index (χ2v) is 6.98. The summed E-state index contributed by atoms with van der Waals surface area (Å²) in [5, 5.41) is 3.70. The summed E-state index contributed by atoms with van der Waals surface area (Å²) >= 11 is 18.0. The molecule has 0 saturated carbocycles. The van der Waals surface area contributed by atoms with E-state index in [-0.39, 0.29) is 16.8 Å². The van der Waals surface area contributed by atoms with E-state index in [9.17, 15) is 9.59 Å². The van der Waals surface area contributed by atoms with Crippen LogP contribution in [0.25, 0.3) is 0 Å². The minimum Gasteiger partial charge on any atom is -0.452 e. The van der Waals surface area contributed by atoms with Gasteiger partial charge in [0.25, 0.3) is 5.91 Å². The lowest BCUT2D eigenvalue weighted by molar-refractivity contribution is -0.124. The summed E-state index contributed by atoms with van der Waals surface area (Å²) < 4.78 is 5.05. The van der Waals surface area contributed by atoms with E-state index in [2.05, 4.69) is 10.3 Å². The molecule has 0 fully saturated rings. The fraction of sp³-hybridized carbons (Fsp3) is 0.278. The summed E-state index contributed by atoms with van der Waals surface area (Å²) in [4.78, 5) is 28.3. The summed E-state index contributed by atoms with van der Waals surface area (Å²) in [7, 11) is 0. The van der Waals surface area contributed by atoms with Gasteiger partial charge in [0.2, 0.25) is 0 Å². The zero-order valence-corrected chi connectivity index (χ0v) is 16.7. The van der Waals surface area contributed by atoms with E-state index < -0.39 is 18.5 Å². The van der Waals surface area contributed by atoms with Crippen LogP contribution < -0.4 is 5.32 Å². The van der Waals surface area contributed by atoms with Gasteiger partial charge >= 0.3 is 5.97 Å². The van der Waals surface area contributed by atoms with Crippen LogP contribution in [0.2, 0.25) is 15.2 Å². The second-order valence-electron chi connectivity index (χ2n) is 5.78. The number of esters is 1. The first kappa shape index (κ1) is 20.5. The maximum Gasteiger partial charge on any atom is 0.342 e. The number of ether oxygens (including phenoxy) is 1. The van der Waals surface area contributed by atoms with E-state index in [4.69, 9.17) is 39.5 Å². The first-order chi connectivity index (χ1) is 12.2. The Labute approximate surface area is 166 Å². The van der Waals surface area contributed by atoms with Gasteiger partial charge in [-0.3, -0.25) is 4.79 Å². The van der Waals surface area contributed by atoms with E-state index in [0.717, 1.165) is 0 Å². The van der Waals surface area contributed by atoms with Gasteiger partial charge in [-0.05, 0) is 50.1 Å². The topological polar surface area (TPSA) is 68.3 Å². The van der Waals surface area contributed by atoms with Crippen molar-refractivity contribution in [3.63, 3.8) is 0 Å². The SMILES string of the molecule is Cc1cc(C)c(C(=O)OCC(=O)N[C@@H](C)c2ccc(Cl)cc2Cl)c(Cl)n1. The number of amides is 1. The lowest BCUT2D eigenvalue weighted by Crippen LogP contribution is -2.31. The lowest BCUT2D eigenvalue weighted by Gasteiger charge is -2.16. The number of nitrogens with one attached hydrogen (secondary N) is 1. The molecule has 1 N–H and O–H groups in total. The number of benzene rings is 1. The molecule has 1 amide bonds. The molecule has 2 aromatic rings. The van der Waals surface area contributed by atoms with Crippen LogP contribution in [0.15, 0.2) is 24.3 Å². The zero-order valence-electron chi connectivity index (χ0n) is 14.4. The Bertz CT molecular complexity index is 833. The number of rotatable bonds is 5. The van der Waals surface area contributed by atoms with Crippen molar-refractivity contribution in [1.29, 1.82) is 0 Å². The standard InChI is InChI=1S/C18H17Cl3N2O3/c1-9-6-10(2)22-17(21)16(9)18(25)26-8-15(24)23-11(3)13-5-4-12(19)7-14(13)20/h4-7,11H,8H2,1-3H3,(H,23,24)/t11-/m0/s1. The Kier molecular flexibility index (Phi) is 6.87. The highest BCUT2D eigenvalue weighted by Crippen LogP contribution is 2.26.